The van der Waals surface area contributed by atoms with E-state index < -0.39 is 20.0 Å². The molecule has 9 heteroatoms. The van der Waals surface area contributed by atoms with Crippen LogP contribution < -0.4 is 5.32 Å². The Labute approximate surface area is 418 Å². The van der Waals surface area contributed by atoms with Gasteiger partial charge in [0.1, 0.15) is 13.2 Å². The maximum absolute atomic E-state index is 13.0. The highest BCUT2D eigenvalue weighted by Crippen LogP contribution is 2.43. The lowest BCUT2D eigenvalue weighted by molar-refractivity contribution is -0.870. The standard InChI is InChI=1S/C58H117N2O6P/c1-6-8-10-12-14-16-18-20-22-24-26-27-28-29-30-31-32-33-34-36-38-40-42-44-46-48-50-52-58(62)59-56(55-66-67(63,64)65-54-53-60(3,4)5)57(61)51-49-47-45-43-41-39-37-35-25-23-21-19-17-15-13-11-9-7-2/h49,51,56-57,61H,6-48,50,52-55H2,1-5H3,(H-,59,62,63,64)/p+1/b51-49+. The van der Waals surface area contributed by atoms with E-state index in [4.69, 9.17) is 9.05 Å². The van der Waals surface area contributed by atoms with Crippen molar-refractivity contribution in [3.05, 3.63) is 12.2 Å². The molecule has 0 fully saturated rings. The molecule has 3 N–H and O–H groups in total. The van der Waals surface area contributed by atoms with E-state index in [0.717, 1.165) is 32.1 Å². The Bertz CT molecular complexity index is 1100. The van der Waals surface area contributed by atoms with Crippen molar-refractivity contribution < 1.29 is 32.9 Å². The number of nitrogens with one attached hydrogen (secondary N) is 1. The minimum Gasteiger partial charge on any atom is -0.387 e. The van der Waals surface area contributed by atoms with Crippen LogP contribution >= 0.6 is 7.82 Å². The minimum absolute atomic E-state index is 0.0652. The summed E-state index contributed by atoms with van der Waals surface area (Å²) in [5.74, 6) is -0.169. The lowest BCUT2D eigenvalue weighted by Crippen LogP contribution is -2.45. The van der Waals surface area contributed by atoms with Crippen LogP contribution in [0.25, 0.3) is 0 Å². The number of hydrogen-bond acceptors (Lipinski definition) is 5. The van der Waals surface area contributed by atoms with Gasteiger partial charge in [0, 0.05) is 6.42 Å². The molecule has 0 aliphatic rings. The molecule has 400 valence electrons. The van der Waals surface area contributed by atoms with Crippen LogP contribution in [-0.4, -0.2) is 73.4 Å². The second-order valence-corrected chi connectivity index (χ2v) is 23.2. The van der Waals surface area contributed by atoms with Gasteiger partial charge in [-0.2, -0.15) is 0 Å². The van der Waals surface area contributed by atoms with Crippen LogP contribution in [-0.2, 0) is 18.4 Å². The van der Waals surface area contributed by atoms with E-state index in [1.807, 2.05) is 27.2 Å². The highest BCUT2D eigenvalue weighted by Gasteiger charge is 2.27. The molecule has 0 rings (SSSR count). The average molecular weight is 971 g/mol. The summed E-state index contributed by atoms with van der Waals surface area (Å²) in [5.41, 5.74) is 0. The van der Waals surface area contributed by atoms with Crippen molar-refractivity contribution in [2.24, 2.45) is 0 Å². The first-order valence-electron chi connectivity index (χ1n) is 29.6. The molecular formula is C58H118N2O6P+. The van der Waals surface area contributed by atoms with Crippen LogP contribution in [0.4, 0.5) is 0 Å². The summed E-state index contributed by atoms with van der Waals surface area (Å²) in [6.07, 6.45) is 61.7. The maximum atomic E-state index is 13.0. The van der Waals surface area contributed by atoms with Gasteiger partial charge in [0.2, 0.25) is 5.91 Å². The number of aliphatic hydroxyl groups is 1. The predicted molar refractivity (Wildman–Crippen MR) is 291 cm³/mol. The molecule has 0 radical (unpaired) electrons. The van der Waals surface area contributed by atoms with Gasteiger partial charge in [-0.15, -0.1) is 0 Å². The van der Waals surface area contributed by atoms with Gasteiger partial charge < -0.3 is 19.8 Å². The molecule has 0 saturated heterocycles. The molecule has 3 unspecified atom stereocenters. The van der Waals surface area contributed by atoms with Crippen molar-refractivity contribution in [2.45, 2.75) is 315 Å². The monoisotopic (exact) mass is 970 g/mol. The van der Waals surface area contributed by atoms with E-state index in [9.17, 15) is 19.4 Å². The average Bonchev–Trinajstić information content (AvgIpc) is 3.29. The first-order chi connectivity index (χ1) is 32.5. The zero-order valence-electron chi connectivity index (χ0n) is 45.7. The minimum atomic E-state index is -4.34. The molecule has 0 aliphatic heterocycles. The SMILES string of the molecule is CCCCCCCCCCCCCCCCCC/C=C/C(O)C(COP(=O)(O)OCC[N+](C)(C)C)NC(=O)CCCCCCCCCCCCCCCCCCCCCCCCCCCCC. The van der Waals surface area contributed by atoms with E-state index in [1.165, 1.54) is 250 Å². The summed E-state index contributed by atoms with van der Waals surface area (Å²) in [5, 5.41) is 13.9. The van der Waals surface area contributed by atoms with Gasteiger partial charge in [0.05, 0.1) is 39.9 Å². The quantitative estimate of drug-likeness (QED) is 0.0243. The number of likely N-dealkylation sites (N-methyl/N-ethyl adjacent to an activating group) is 1. The molecule has 0 aromatic rings. The van der Waals surface area contributed by atoms with Gasteiger partial charge in [-0.05, 0) is 19.3 Å². The van der Waals surface area contributed by atoms with Crippen LogP contribution in [0.5, 0.6) is 0 Å². The van der Waals surface area contributed by atoms with E-state index in [-0.39, 0.29) is 19.1 Å². The molecule has 0 saturated carbocycles. The van der Waals surface area contributed by atoms with E-state index >= 15 is 0 Å². The number of phosphoric ester groups is 1. The van der Waals surface area contributed by atoms with Gasteiger partial charge in [0.25, 0.3) is 0 Å². The third-order valence-corrected chi connectivity index (χ3v) is 14.7. The van der Waals surface area contributed by atoms with Crippen molar-refractivity contribution in [1.82, 2.24) is 5.32 Å². The number of allylic oxidation sites excluding steroid dienone is 1. The zero-order valence-corrected chi connectivity index (χ0v) is 46.6. The first-order valence-corrected chi connectivity index (χ1v) is 31.1. The number of phosphoric acid groups is 1. The number of amides is 1. The second-order valence-electron chi connectivity index (χ2n) is 21.7. The lowest BCUT2D eigenvalue weighted by atomic mass is 10.0. The fourth-order valence-electron chi connectivity index (χ4n) is 9.10. The number of hydrogen-bond donors (Lipinski definition) is 3. The summed E-state index contributed by atoms with van der Waals surface area (Å²) in [6.45, 7) is 4.87. The van der Waals surface area contributed by atoms with Gasteiger partial charge in [-0.25, -0.2) is 4.57 Å². The fourth-order valence-corrected chi connectivity index (χ4v) is 9.84. The molecule has 3 atom stereocenters. The Balaban J connectivity index is 4.11. The number of unbranched alkanes of at least 4 members (excludes halogenated alkanes) is 42. The van der Waals surface area contributed by atoms with Crippen molar-refractivity contribution in [1.29, 1.82) is 0 Å². The molecule has 0 aromatic carbocycles. The molecule has 0 bridgehead atoms. The molecule has 67 heavy (non-hydrogen) atoms. The first kappa shape index (κ1) is 66.2. The number of carbonyl (C=O) groups excluding carboxylic acids is 1. The Morgan fingerprint density at radius 2 is 0.791 bits per heavy atom. The maximum Gasteiger partial charge on any atom is 0.472 e. The third kappa shape index (κ3) is 52.9. The van der Waals surface area contributed by atoms with Crippen LogP contribution in [0.3, 0.4) is 0 Å². The number of nitrogens with zero attached hydrogens (tertiary/aromatic N) is 1. The number of aliphatic hydroxyl groups excluding tert-OH is 1. The Hall–Kier alpha value is -0.760. The Morgan fingerprint density at radius 3 is 1.10 bits per heavy atom. The number of quaternary nitrogens is 1. The van der Waals surface area contributed by atoms with Gasteiger partial charge in [0.15, 0.2) is 0 Å². The predicted octanol–water partition coefficient (Wildman–Crippen LogP) is 17.8. The Kier molecular flexibility index (Phi) is 49.6. The molecular weight excluding hydrogens is 852 g/mol. The number of carbonyl (C=O) groups is 1. The molecule has 1 amide bonds. The van der Waals surface area contributed by atoms with Crippen LogP contribution in [0, 0.1) is 0 Å². The molecule has 0 heterocycles. The smallest absolute Gasteiger partial charge is 0.387 e. The normalized spacial score (nSPS) is 14.0. The number of rotatable bonds is 55. The van der Waals surface area contributed by atoms with E-state index in [0.29, 0.717) is 17.4 Å². The van der Waals surface area contributed by atoms with E-state index in [1.54, 1.807) is 6.08 Å². The van der Waals surface area contributed by atoms with Crippen molar-refractivity contribution >= 4 is 13.7 Å². The van der Waals surface area contributed by atoms with Crippen molar-refractivity contribution in [2.75, 3.05) is 40.9 Å². The summed E-state index contributed by atoms with van der Waals surface area (Å²) >= 11 is 0. The van der Waals surface area contributed by atoms with Crippen LogP contribution in [0.15, 0.2) is 12.2 Å². The Morgan fingerprint density at radius 1 is 0.493 bits per heavy atom. The largest absolute Gasteiger partial charge is 0.472 e. The summed E-state index contributed by atoms with van der Waals surface area (Å²) < 4.78 is 23.7. The highest BCUT2D eigenvalue weighted by molar-refractivity contribution is 7.47. The molecule has 0 aliphatic carbocycles. The van der Waals surface area contributed by atoms with Crippen LogP contribution in [0.2, 0.25) is 0 Å². The van der Waals surface area contributed by atoms with Gasteiger partial charge >= 0.3 is 7.82 Å². The van der Waals surface area contributed by atoms with Crippen LogP contribution in [0.1, 0.15) is 303 Å². The summed E-state index contributed by atoms with van der Waals surface area (Å²) in [7, 11) is 1.59. The highest BCUT2D eigenvalue weighted by atomic mass is 31.2. The van der Waals surface area contributed by atoms with Gasteiger partial charge in [-0.3, -0.25) is 13.8 Å². The van der Waals surface area contributed by atoms with Gasteiger partial charge in [-0.1, -0.05) is 289 Å². The topological polar surface area (TPSA) is 105 Å². The fraction of sp³-hybridized carbons (Fsp3) is 0.948. The zero-order chi connectivity index (χ0) is 49.2. The lowest BCUT2D eigenvalue weighted by Gasteiger charge is -2.25. The summed E-state index contributed by atoms with van der Waals surface area (Å²) in [6, 6.07) is -0.842. The third-order valence-electron chi connectivity index (χ3n) is 13.8. The molecule has 0 aromatic heterocycles. The molecule has 8 nitrogen and oxygen atoms in total. The summed E-state index contributed by atoms with van der Waals surface area (Å²) in [4.78, 5) is 23.3. The molecule has 0 spiro atoms. The van der Waals surface area contributed by atoms with Crippen molar-refractivity contribution in [3.63, 3.8) is 0 Å². The second kappa shape index (κ2) is 50.2. The van der Waals surface area contributed by atoms with E-state index in [2.05, 4.69) is 19.2 Å². The van der Waals surface area contributed by atoms with Crippen molar-refractivity contribution in [3.8, 4) is 0 Å².